The number of amides is 1. The number of benzene rings is 1. The summed E-state index contributed by atoms with van der Waals surface area (Å²) in [5.74, 6) is -0.221. The Bertz CT molecular complexity index is 650. The van der Waals surface area contributed by atoms with Crippen molar-refractivity contribution in [2.45, 2.75) is 19.3 Å². The van der Waals surface area contributed by atoms with Crippen LogP contribution in [0.25, 0.3) is 0 Å². The maximum atomic E-state index is 12.1. The number of anilines is 3. The van der Waals surface area contributed by atoms with E-state index in [2.05, 4.69) is 20.2 Å². The molecule has 1 saturated heterocycles. The van der Waals surface area contributed by atoms with Gasteiger partial charge < -0.3 is 16.0 Å². The quantitative estimate of drug-likeness (QED) is 0.908. The molecule has 1 aromatic heterocycles. The first kappa shape index (κ1) is 14.3. The second-order valence-corrected chi connectivity index (χ2v) is 5.34. The molecule has 1 aliphatic heterocycles. The van der Waals surface area contributed by atoms with Gasteiger partial charge in [-0.3, -0.25) is 4.79 Å². The molecule has 0 spiro atoms. The smallest absolute Gasteiger partial charge is 0.278 e. The molecule has 1 aliphatic rings. The van der Waals surface area contributed by atoms with Crippen LogP contribution in [0.2, 0.25) is 0 Å². The average Bonchev–Trinajstić information content (AvgIpc) is 2.57. The van der Waals surface area contributed by atoms with Crippen LogP contribution in [0, 0.1) is 0 Å². The highest BCUT2D eigenvalue weighted by molar-refractivity contribution is 6.05. The van der Waals surface area contributed by atoms with Gasteiger partial charge >= 0.3 is 0 Å². The van der Waals surface area contributed by atoms with E-state index in [0.29, 0.717) is 0 Å². The summed E-state index contributed by atoms with van der Waals surface area (Å²) >= 11 is 0. The van der Waals surface area contributed by atoms with Crippen LogP contribution in [0.15, 0.2) is 36.7 Å². The van der Waals surface area contributed by atoms with Gasteiger partial charge in [-0.25, -0.2) is 9.97 Å². The minimum Gasteiger partial charge on any atom is -0.382 e. The molecule has 0 bridgehead atoms. The molecular formula is C16H19N5O. The molecule has 3 rings (SSSR count). The van der Waals surface area contributed by atoms with Crippen LogP contribution in [0.4, 0.5) is 17.2 Å². The molecule has 0 saturated carbocycles. The summed E-state index contributed by atoms with van der Waals surface area (Å²) in [5, 5.41) is 2.79. The number of nitrogens with zero attached hydrogens (tertiary/aromatic N) is 3. The van der Waals surface area contributed by atoms with Crippen LogP contribution >= 0.6 is 0 Å². The minimum absolute atomic E-state index is 0.130. The number of aromatic nitrogens is 2. The second kappa shape index (κ2) is 6.43. The van der Waals surface area contributed by atoms with Gasteiger partial charge in [0.15, 0.2) is 11.5 Å². The Morgan fingerprint density at radius 1 is 1.05 bits per heavy atom. The fourth-order valence-electron chi connectivity index (χ4n) is 2.62. The molecule has 22 heavy (non-hydrogen) atoms. The lowest BCUT2D eigenvalue weighted by molar-refractivity contribution is 0.102. The highest BCUT2D eigenvalue weighted by atomic mass is 16.1. The molecule has 0 atom stereocenters. The Kier molecular flexibility index (Phi) is 4.18. The predicted octanol–water partition coefficient (Wildman–Crippen LogP) is 2.30. The number of hydrogen-bond acceptors (Lipinski definition) is 5. The zero-order chi connectivity index (χ0) is 15.4. The number of nitrogens with one attached hydrogen (secondary N) is 1. The van der Waals surface area contributed by atoms with Crippen LogP contribution in [-0.4, -0.2) is 29.0 Å². The standard InChI is InChI=1S/C16H19N5O/c17-15-14(18-8-9-19-15)16(22)20-12-4-6-13(7-5-12)21-10-2-1-3-11-21/h4-9H,1-3,10-11H2,(H2,17,19)(H,20,22). The Balaban J connectivity index is 1.68. The average molecular weight is 297 g/mol. The van der Waals surface area contributed by atoms with Gasteiger partial charge in [-0.05, 0) is 43.5 Å². The van der Waals surface area contributed by atoms with E-state index in [9.17, 15) is 4.79 Å². The highest BCUT2D eigenvalue weighted by Crippen LogP contribution is 2.22. The first-order valence-electron chi connectivity index (χ1n) is 7.47. The fraction of sp³-hybridized carbons (Fsp3) is 0.312. The first-order valence-corrected chi connectivity index (χ1v) is 7.47. The van der Waals surface area contributed by atoms with Crippen LogP contribution in [-0.2, 0) is 0 Å². The number of hydrogen-bond donors (Lipinski definition) is 2. The summed E-state index contributed by atoms with van der Waals surface area (Å²) in [6, 6.07) is 7.85. The Morgan fingerprint density at radius 2 is 1.73 bits per heavy atom. The normalized spacial score (nSPS) is 14.6. The van der Waals surface area contributed by atoms with Gasteiger partial charge in [-0.15, -0.1) is 0 Å². The highest BCUT2D eigenvalue weighted by Gasteiger charge is 2.13. The van der Waals surface area contributed by atoms with E-state index in [1.165, 1.54) is 37.3 Å². The minimum atomic E-state index is -0.351. The Hall–Kier alpha value is -2.63. The number of piperidine rings is 1. The number of rotatable bonds is 3. The number of nitrogen functional groups attached to an aromatic ring is 1. The van der Waals surface area contributed by atoms with Crippen LogP contribution in [0.5, 0.6) is 0 Å². The SMILES string of the molecule is Nc1nccnc1C(=O)Nc1ccc(N2CCCCC2)cc1. The number of carbonyl (C=O) groups is 1. The van der Waals surface area contributed by atoms with Gasteiger partial charge in [-0.1, -0.05) is 0 Å². The molecule has 3 N–H and O–H groups in total. The molecule has 0 aliphatic carbocycles. The van der Waals surface area contributed by atoms with Crippen molar-refractivity contribution >= 4 is 23.1 Å². The van der Waals surface area contributed by atoms with Crippen molar-refractivity contribution in [2.24, 2.45) is 0 Å². The lowest BCUT2D eigenvalue weighted by atomic mass is 10.1. The predicted molar refractivity (Wildman–Crippen MR) is 86.9 cm³/mol. The van der Waals surface area contributed by atoms with Crippen molar-refractivity contribution in [1.82, 2.24) is 9.97 Å². The topological polar surface area (TPSA) is 84.1 Å². The van der Waals surface area contributed by atoms with E-state index in [-0.39, 0.29) is 17.4 Å². The van der Waals surface area contributed by atoms with E-state index < -0.39 is 0 Å². The van der Waals surface area contributed by atoms with Gasteiger partial charge in [-0.2, -0.15) is 0 Å². The Labute approximate surface area is 129 Å². The third-order valence-electron chi connectivity index (χ3n) is 3.79. The van der Waals surface area contributed by atoms with Gasteiger partial charge in [0.25, 0.3) is 5.91 Å². The van der Waals surface area contributed by atoms with Crippen molar-refractivity contribution < 1.29 is 4.79 Å². The molecule has 1 aromatic carbocycles. The monoisotopic (exact) mass is 297 g/mol. The van der Waals surface area contributed by atoms with Gasteiger partial charge in [0.05, 0.1) is 0 Å². The van der Waals surface area contributed by atoms with E-state index >= 15 is 0 Å². The first-order chi connectivity index (χ1) is 10.7. The lowest BCUT2D eigenvalue weighted by Crippen LogP contribution is -2.29. The summed E-state index contributed by atoms with van der Waals surface area (Å²) in [7, 11) is 0. The van der Waals surface area contributed by atoms with Crippen LogP contribution in [0.1, 0.15) is 29.8 Å². The molecule has 0 radical (unpaired) electrons. The van der Waals surface area contributed by atoms with Gasteiger partial charge in [0.1, 0.15) is 0 Å². The van der Waals surface area contributed by atoms with E-state index in [1.807, 2.05) is 24.3 Å². The van der Waals surface area contributed by atoms with E-state index in [1.54, 1.807) is 0 Å². The van der Waals surface area contributed by atoms with Crippen molar-refractivity contribution in [3.8, 4) is 0 Å². The summed E-state index contributed by atoms with van der Waals surface area (Å²) in [4.78, 5) is 22.3. The largest absolute Gasteiger partial charge is 0.382 e. The van der Waals surface area contributed by atoms with Gasteiger partial charge in [0, 0.05) is 36.9 Å². The molecular weight excluding hydrogens is 278 g/mol. The summed E-state index contributed by atoms with van der Waals surface area (Å²) in [6.07, 6.45) is 6.70. The molecule has 1 amide bonds. The third kappa shape index (κ3) is 3.16. The summed E-state index contributed by atoms with van der Waals surface area (Å²) < 4.78 is 0. The molecule has 6 heteroatoms. The number of nitrogens with two attached hydrogens (primary N) is 1. The van der Waals surface area contributed by atoms with Crippen LogP contribution < -0.4 is 16.0 Å². The molecule has 0 unspecified atom stereocenters. The molecule has 1 fully saturated rings. The second-order valence-electron chi connectivity index (χ2n) is 5.34. The summed E-state index contributed by atoms with van der Waals surface area (Å²) in [5.41, 5.74) is 7.71. The van der Waals surface area contributed by atoms with Crippen molar-refractivity contribution in [1.29, 1.82) is 0 Å². The number of carbonyl (C=O) groups excluding carboxylic acids is 1. The summed E-state index contributed by atoms with van der Waals surface area (Å²) in [6.45, 7) is 2.20. The van der Waals surface area contributed by atoms with Crippen molar-refractivity contribution in [3.05, 3.63) is 42.4 Å². The molecule has 2 aromatic rings. The zero-order valence-electron chi connectivity index (χ0n) is 12.3. The lowest BCUT2D eigenvalue weighted by Gasteiger charge is -2.28. The van der Waals surface area contributed by atoms with Crippen molar-refractivity contribution in [3.63, 3.8) is 0 Å². The molecule has 6 nitrogen and oxygen atoms in total. The maximum Gasteiger partial charge on any atom is 0.278 e. The maximum absolute atomic E-state index is 12.1. The van der Waals surface area contributed by atoms with E-state index in [0.717, 1.165) is 18.8 Å². The van der Waals surface area contributed by atoms with E-state index in [4.69, 9.17) is 5.73 Å². The zero-order valence-corrected chi connectivity index (χ0v) is 12.3. The Morgan fingerprint density at radius 3 is 2.41 bits per heavy atom. The fourth-order valence-corrected chi connectivity index (χ4v) is 2.62. The third-order valence-corrected chi connectivity index (χ3v) is 3.79. The molecule has 114 valence electrons. The van der Waals surface area contributed by atoms with Crippen LogP contribution in [0.3, 0.4) is 0 Å². The van der Waals surface area contributed by atoms with Gasteiger partial charge in [0.2, 0.25) is 0 Å². The van der Waals surface area contributed by atoms with Crippen molar-refractivity contribution in [2.75, 3.05) is 29.0 Å². The molecule has 2 heterocycles.